The number of ether oxygens (including phenoxy) is 2. The van der Waals surface area contributed by atoms with Crippen LogP contribution in [0.4, 0.5) is 0 Å². The number of nitrogens with one attached hydrogen (secondary N) is 3. The maximum absolute atomic E-state index is 12.8. The van der Waals surface area contributed by atoms with Gasteiger partial charge in [-0.25, -0.2) is 10.9 Å². The van der Waals surface area contributed by atoms with Crippen molar-refractivity contribution in [3.63, 3.8) is 0 Å². The molecule has 7 nitrogen and oxygen atoms in total. The van der Waals surface area contributed by atoms with E-state index < -0.39 is 0 Å². The molecule has 7 heteroatoms. The highest BCUT2D eigenvalue weighted by molar-refractivity contribution is 5.95. The van der Waals surface area contributed by atoms with Gasteiger partial charge in [0.05, 0.1) is 26.4 Å². The summed E-state index contributed by atoms with van der Waals surface area (Å²) in [5.74, 6) is 0.963. The third-order valence-corrected chi connectivity index (χ3v) is 5.77. The fraction of sp³-hybridized carbons (Fsp3) is 0.348. The molecule has 1 saturated heterocycles. The van der Waals surface area contributed by atoms with Gasteiger partial charge in [0.2, 0.25) is 0 Å². The van der Waals surface area contributed by atoms with Crippen molar-refractivity contribution in [3.8, 4) is 11.5 Å². The zero-order valence-corrected chi connectivity index (χ0v) is 17.8. The summed E-state index contributed by atoms with van der Waals surface area (Å²) in [5, 5.41) is 4.33. The van der Waals surface area contributed by atoms with E-state index >= 15 is 0 Å². The molecule has 0 bridgehead atoms. The van der Waals surface area contributed by atoms with Gasteiger partial charge in [-0.2, -0.15) is 0 Å². The molecule has 4 rings (SSSR count). The van der Waals surface area contributed by atoms with Crippen LogP contribution in [0.2, 0.25) is 0 Å². The number of methoxy groups -OCH3 is 2. The molecule has 0 spiro atoms. The molecule has 158 valence electrons. The number of hydrogen-bond donors (Lipinski definition) is 3. The second-order valence-corrected chi connectivity index (χ2v) is 7.44. The highest BCUT2D eigenvalue weighted by Crippen LogP contribution is 2.33. The molecule has 0 radical (unpaired) electrons. The quantitative estimate of drug-likeness (QED) is 0.584. The Labute approximate surface area is 176 Å². The number of hydrogen-bond acceptors (Lipinski definition) is 5. The molecule has 1 aliphatic rings. The largest absolute Gasteiger partial charge is 0.493 e. The molecular formula is C23H28N4O3. The zero-order chi connectivity index (χ0) is 21.3. The number of aromatic nitrogens is 1. The van der Waals surface area contributed by atoms with E-state index in [1.54, 1.807) is 32.4 Å². The normalized spacial score (nSPS) is 18.5. The predicted octanol–water partition coefficient (Wildman–Crippen LogP) is 3.28. The van der Waals surface area contributed by atoms with Gasteiger partial charge in [-0.05, 0) is 43.7 Å². The molecule has 0 aliphatic carbocycles. The van der Waals surface area contributed by atoms with E-state index in [0.717, 1.165) is 13.0 Å². The van der Waals surface area contributed by atoms with Crippen LogP contribution in [0.1, 0.15) is 41.0 Å². The number of rotatable bonds is 6. The maximum Gasteiger partial charge on any atom is 0.252 e. The van der Waals surface area contributed by atoms with Gasteiger partial charge in [0, 0.05) is 35.1 Å². The number of hydrazine groups is 1. The van der Waals surface area contributed by atoms with Gasteiger partial charge >= 0.3 is 0 Å². The monoisotopic (exact) mass is 408 g/mol. The van der Waals surface area contributed by atoms with Gasteiger partial charge in [-0.3, -0.25) is 4.79 Å². The first-order valence-electron chi connectivity index (χ1n) is 10.2. The standard InChI is InChI=1S/C23H28N4O3/c1-5-27-18-9-7-6-8-16(18)14(2)22(27)17-13-21(26-25-17)24-23(28)15-10-11-19(29-3)20(12-15)30-4/h6-12,17,21,25-26H,5,13H2,1-4H3,(H,24,28). The summed E-state index contributed by atoms with van der Waals surface area (Å²) in [6, 6.07) is 13.7. The van der Waals surface area contributed by atoms with Crippen LogP contribution >= 0.6 is 0 Å². The number of amides is 1. The van der Waals surface area contributed by atoms with E-state index in [9.17, 15) is 4.79 Å². The molecule has 0 saturated carbocycles. The number of aryl methyl sites for hydroxylation is 2. The number of carbonyl (C=O) groups excluding carboxylic acids is 1. The van der Waals surface area contributed by atoms with E-state index in [1.165, 1.54) is 22.2 Å². The van der Waals surface area contributed by atoms with Crippen molar-refractivity contribution in [1.82, 2.24) is 20.7 Å². The molecule has 3 aromatic rings. The zero-order valence-electron chi connectivity index (χ0n) is 17.8. The summed E-state index contributed by atoms with van der Waals surface area (Å²) in [5.41, 5.74) is 10.9. The van der Waals surface area contributed by atoms with Crippen molar-refractivity contribution in [3.05, 3.63) is 59.3 Å². The first-order chi connectivity index (χ1) is 14.6. The summed E-state index contributed by atoms with van der Waals surface area (Å²) >= 11 is 0. The average Bonchev–Trinajstić information content (AvgIpc) is 3.34. The second kappa shape index (κ2) is 8.38. The molecule has 2 unspecified atom stereocenters. The molecule has 3 N–H and O–H groups in total. The molecule has 2 aromatic carbocycles. The SMILES string of the molecule is CCn1c(C2CC(NC(=O)c3ccc(OC)c(OC)c3)NN2)c(C)c2ccccc21. The van der Waals surface area contributed by atoms with Gasteiger partial charge in [-0.1, -0.05) is 18.2 Å². The van der Waals surface area contributed by atoms with E-state index in [-0.39, 0.29) is 18.1 Å². The lowest BCUT2D eigenvalue weighted by molar-refractivity contribution is 0.0932. The van der Waals surface area contributed by atoms with Crippen molar-refractivity contribution in [2.45, 2.75) is 39.0 Å². The Morgan fingerprint density at radius 3 is 2.63 bits per heavy atom. The minimum Gasteiger partial charge on any atom is -0.493 e. The number of fused-ring (bicyclic) bond motifs is 1. The lowest BCUT2D eigenvalue weighted by Gasteiger charge is -2.16. The topological polar surface area (TPSA) is 76.6 Å². The lowest BCUT2D eigenvalue weighted by atomic mass is 10.1. The number of carbonyl (C=O) groups is 1. The molecule has 1 aromatic heterocycles. The Kier molecular flexibility index (Phi) is 5.65. The highest BCUT2D eigenvalue weighted by atomic mass is 16.5. The summed E-state index contributed by atoms with van der Waals surface area (Å²) in [4.78, 5) is 12.8. The van der Waals surface area contributed by atoms with Crippen LogP contribution in [0.25, 0.3) is 10.9 Å². The Hall–Kier alpha value is -3.03. The summed E-state index contributed by atoms with van der Waals surface area (Å²) < 4.78 is 12.9. The Bertz CT molecular complexity index is 1080. The number of para-hydroxylation sites is 1. The third kappa shape index (κ3) is 3.51. The predicted molar refractivity (Wildman–Crippen MR) is 117 cm³/mol. The van der Waals surface area contributed by atoms with Crippen LogP contribution in [-0.2, 0) is 6.54 Å². The minimum absolute atomic E-state index is 0.105. The molecule has 2 atom stereocenters. The van der Waals surface area contributed by atoms with Gasteiger partial charge in [0.1, 0.15) is 0 Å². The van der Waals surface area contributed by atoms with Crippen LogP contribution in [0.3, 0.4) is 0 Å². The highest BCUT2D eigenvalue weighted by Gasteiger charge is 2.30. The van der Waals surface area contributed by atoms with E-state index in [4.69, 9.17) is 9.47 Å². The van der Waals surface area contributed by atoms with Gasteiger partial charge in [-0.15, -0.1) is 0 Å². The summed E-state index contributed by atoms with van der Waals surface area (Å²) in [7, 11) is 3.13. The fourth-order valence-electron chi connectivity index (χ4n) is 4.34. The first kappa shape index (κ1) is 20.3. The van der Waals surface area contributed by atoms with Gasteiger partial charge in [0.25, 0.3) is 5.91 Å². The van der Waals surface area contributed by atoms with Crippen LogP contribution in [0.15, 0.2) is 42.5 Å². The van der Waals surface area contributed by atoms with Crippen LogP contribution in [0.5, 0.6) is 11.5 Å². The molecule has 2 heterocycles. The van der Waals surface area contributed by atoms with Crippen molar-refractivity contribution in [2.75, 3.05) is 14.2 Å². The molecule has 1 aliphatic heterocycles. The van der Waals surface area contributed by atoms with Crippen molar-refractivity contribution >= 4 is 16.8 Å². The lowest BCUT2D eigenvalue weighted by Crippen LogP contribution is -2.44. The maximum atomic E-state index is 12.8. The Morgan fingerprint density at radius 1 is 1.13 bits per heavy atom. The van der Waals surface area contributed by atoms with E-state index in [0.29, 0.717) is 17.1 Å². The Morgan fingerprint density at radius 2 is 1.90 bits per heavy atom. The Balaban J connectivity index is 1.51. The summed E-state index contributed by atoms with van der Waals surface area (Å²) in [6.45, 7) is 5.22. The third-order valence-electron chi connectivity index (χ3n) is 5.77. The smallest absolute Gasteiger partial charge is 0.252 e. The van der Waals surface area contributed by atoms with E-state index in [2.05, 4.69) is 58.8 Å². The van der Waals surface area contributed by atoms with Gasteiger partial charge < -0.3 is 19.4 Å². The minimum atomic E-state index is -0.182. The molecular weight excluding hydrogens is 380 g/mol. The van der Waals surface area contributed by atoms with E-state index in [1.807, 2.05) is 0 Å². The van der Waals surface area contributed by atoms with Crippen molar-refractivity contribution < 1.29 is 14.3 Å². The molecule has 30 heavy (non-hydrogen) atoms. The summed E-state index contributed by atoms with van der Waals surface area (Å²) in [6.07, 6.45) is 0.564. The molecule has 1 fully saturated rings. The fourth-order valence-corrected chi connectivity index (χ4v) is 4.34. The number of benzene rings is 2. The first-order valence-corrected chi connectivity index (χ1v) is 10.2. The average molecular weight is 409 g/mol. The molecule has 1 amide bonds. The van der Waals surface area contributed by atoms with Crippen LogP contribution in [-0.4, -0.2) is 30.9 Å². The van der Waals surface area contributed by atoms with Crippen LogP contribution < -0.4 is 25.6 Å². The van der Waals surface area contributed by atoms with Crippen molar-refractivity contribution in [1.29, 1.82) is 0 Å². The van der Waals surface area contributed by atoms with Crippen LogP contribution in [0, 0.1) is 6.92 Å². The second-order valence-electron chi connectivity index (χ2n) is 7.44. The van der Waals surface area contributed by atoms with Gasteiger partial charge in [0.15, 0.2) is 11.5 Å². The van der Waals surface area contributed by atoms with Crippen molar-refractivity contribution in [2.24, 2.45) is 0 Å². The number of nitrogens with zero attached hydrogens (tertiary/aromatic N) is 1.